The molecule has 0 radical (unpaired) electrons. The molecular formula is C20H33N7O2. The zero-order valence-electron chi connectivity index (χ0n) is 17.4. The molecule has 2 rings (SSSR count). The van der Waals surface area contributed by atoms with E-state index in [9.17, 15) is 0 Å². The highest BCUT2D eigenvalue weighted by molar-refractivity contribution is 5.43. The fourth-order valence-corrected chi connectivity index (χ4v) is 2.34. The zero-order valence-corrected chi connectivity index (χ0v) is 17.4. The second kappa shape index (κ2) is 13.6. The molecule has 1 atom stereocenters. The lowest BCUT2D eigenvalue weighted by atomic mass is 10.2. The summed E-state index contributed by atoms with van der Waals surface area (Å²) in [6, 6.07) is 10.4. The van der Waals surface area contributed by atoms with E-state index >= 15 is 0 Å². The third-order valence-corrected chi connectivity index (χ3v) is 4.08. The van der Waals surface area contributed by atoms with Gasteiger partial charge in [0.25, 0.3) is 0 Å². The van der Waals surface area contributed by atoms with Gasteiger partial charge in [-0.3, -0.25) is 0 Å². The summed E-state index contributed by atoms with van der Waals surface area (Å²) >= 11 is 0. The van der Waals surface area contributed by atoms with E-state index < -0.39 is 0 Å². The van der Waals surface area contributed by atoms with Crippen LogP contribution in [-0.2, 0) is 16.0 Å². The van der Waals surface area contributed by atoms with Crippen LogP contribution in [0.25, 0.3) is 0 Å². The number of hydrogen-bond acceptors (Lipinski definition) is 9. The predicted molar refractivity (Wildman–Crippen MR) is 116 cm³/mol. The number of hydrogen-bond donors (Lipinski definition) is 4. The van der Waals surface area contributed by atoms with Crippen molar-refractivity contribution in [3.05, 3.63) is 35.9 Å². The quantitative estimate of drug-likeness (QED) is 0.331. The number of aromatic nitrogens is 3. The lowest BCUT2D eigenvalue weighted by Gasteiger charge is -2.14. The molecule has 1 heterocycles. The van der Waals surface area contributed by atoms with Gasteiger partial charge in [0.05, 0.1) is 26.4 Å². The largest absolute Gasteiger partial charge is 0.378 e. The average molecular weight is 404 g/mol. The molecule has 1 unspecified atom stereocenters. The Hall–Kier alpha value is -2.49. The molecule has 160 valence electrons. The summed E-state index contributed by atoms with van der Waals surface area (Å²) < 4.78 is 10.8. The van der Waals surface area contributed by atoms with Gasteiger partial charge in [-0.15, -0.1) is 0 Å². The monoisotopic (exact) mass is 403 g/mol. The van der Waals surface area contributed by atoms with Gasteiger partial charge in [-0.2, -0.15) is 15.0 Å². The highest BCUT2D eigenvalue weighted by atomic mass is 16.5. The van der Waals surface area contributed by atoms with E-state index in [0.717, 1.165) is 12.0 Å². The van der Waals surface area contributed by atoms with Crippen LogP contribution in [0.5, 0.6) is 0 Å². The van der Waals surface area contributed by atoms with Crippen molar-refractivity contribution in [3.63, 3.8) is 0 Å². The first-order valence-electron chi connectivity index (χ1n) is 10.1. The summed E-state index contributed by atoms with van der Waals surface area (Å²) in [5.74, 6) is 1.57. The lowest BCUT2D eigenvalue weighted by molar-refractivity contribution is 0.0547. The minimum absolute atomic E-state index is 0.268. The van der Waals surface area contributed by atoms with Gasteiger partial charge >= 0.3 is 0 Å². The van der Waals surface area contributed by atoms with Crippen molar-refractivity contribution in [2.24, 2.45) is 5.73 Å². The van der Waals surface area contributed by atoms with Crippen LogP contribution >= 0.6 is 0 Å². The second-order valence-corrected chi connectivity index (χ2v) is 6.54. The standard InChI is InChI=1S/C20H33N7O2/c1-3-16(2)24-20-26-18(22-10-12-29-14-13-28-11-9-21)25-19(27-20)23-15-17-7-5-4-6-8-17/h4-8,16H,3,9-15,21H2,1-2H3,(H3,22,23,24,25,26,27). The molecule has 0 saturated heterocycles. The average Bonchev–Trinajstić information content (AvgIpc) is 2.74. The normalized spacial score (nSPS) is 11.8. The van der Waals surface area contributed by atoms with Crippen molar-refractivity contribution in [2.75, 3.05) is 55.5 Å². The highest BCUT2D eigenvalue weighted by Gasteiger charge is 2.08. The molecule has 1 aromatic heterocycles. The van der Waals surface area contributed by atoms with Crippen LogP contribution in [0.15, 0.2) is 30.3 Å². The molecule has 5 N–H and O–H groups in total. The molecule has 2 aromatic rings. The molecule has 0 spiro atoms. The van der Waals surface area contributed by atoms with Gasteiger partial charge in [0.1, 0.15) is 0 Å². The maximum absolute atomic E-state index is 5.52. The van der Waals surface area contributed by atoms with Gasteiger partial charge in [0, 0.05) is 25.7 Å². The Balaban J connectivity index is 1.88. The summed E-state index contributed by atoms with van der Waals surface area (Å²) in [6.07, 6.45) is 0.974. The maximum Gasteiger partial charge on any atom is 0.229 e. The number of rotatable bonds is 15. The minimum atomic E-state index is 0.268. The van der Waals surface area contributed by atoms with Crippen LogP contribution in [0.2, 0.25) is 0 Å². The van der Waals surface area contributed by atoms with E-state index in [-0.39, 0.29) is 6.04 Å². The molecule has 0 aliphatic rings. The molecule has 9 nitrogen and oxygen atoms in total. The van der Waals surface area contributed by atoms with Crippen molar-refractivity contribution < 1.29 is 9.47 Å². The SMILES string of the molecule is CCC(C)Nc1nc(NCCOCCOCCN)nc(NCc2ccccc2)n1. The van der Waals surface area contributed by atoms with Crippen LogP contribution in [-0.4, -0.2) is 60.5 Å². The summed E-state index contributed by atoms with van der Waals surface area (Å²) in [5, 5.41) is 9.75. The van der Waals surface area contributed by atoms with Crippen LogP contribution in [0.3, 0.4) is 0 Å². The maximum atomic E-state index is 5.52. The number of nitrogens with zero attached hydrogens (tertiary/aromatic N) is 3. The van der Waals surface area contributed by atoms with Gasteiger partial charge in [0.15, 0.2) is 0 Å². The predicted octanol–water partition coefficient (Wildman–Crippen LogP) is 2.10. The summed E-state index contributed by atoms with van der Waals surface area (Å²) in [5.41, 5.74) is 6.52. The smallest absolute Gasteiger partial charge is 0.229 e. The topological polar surface area (TPSA) is 119 Å². The number of anilines is 3. The number of benzene rings is 1. The molecule has 29 heavy (non-hydrogen) atoms. The van der Waals surface area contributed by atoms with Crippen LogP contribution in [0.1, 0.15) is 25.8 Å². The Labute approximate surface area is 172 Å². The summed E-state index contributed by atoms with van der Waals surface area (Å²) in [7, 11) is 0. The Kier molecular flexibility index (Phi) is 10.7. The van der Waals surface area contributed by atoms with E-state index in [0.29, 0.717) is 63.9 Å². The first kappa shape index (κ1) is 22.8. The second-order valence-electron chi connectivity index (χ2n) is 6.54. The number of nitrogens with one attached hydrogen (secondary N) is 3. The zero-order chi connectivity index (χ0) is 20.7. The van der Waals surface area contributed by atoms with Crippen molar-refractivity contribution in [3.8, 4) is 0 Å². The van der Waals surface area contributed by atoms with Gasteiger partial charge in [-0.25, -0.2) is 0 Å². The molecule has 0 saturated carbocycles. The fraction of sp³-hybridized carbons (Fsp3) is 0.550. The van der Waals surface area contributed by atoms with Gasteiger partial charge in [0.2, 0.25) is 17.8 Å². The molecule has 0 aliphatic carbocycles. The Bertz CT molecular complexity index is 688. The minimum Gasteiger partial charge on any atom is -0.378 e. The third-order valence-electron chi connectivity index (χ3n) is 4.08. The number of nitrogens with two attached hydrogens (primary N) is 1. The van der Waals surface area contributed by atoms with Crippen LogP contribution in [0.4, 0.5) is 17.8 Å². The lowest BCUT2D eigenvalue weighted by Crippen LogP contribution is -2.19. The first-order chi connectivity index (χ1) is 14.2. The third kappa shape index (κ3) is 9.51. The Morgan fingerprint density at radius 1 is 0.897 bits per heavy atom. The Morgan fingerprint density at radius 2 is 1.55 bits per heavy atom. The fourth-order valence-electron chi connectivity index (χ4n) is 2.34. The van der Waals surface area contributed by atoms with Crippen molar-refractivity contribution in [1.29, 1.82) is 0 Å². The molecule has 0 fully saturated rings. The molecule has 9 heteroatoms. The van der Waals surface area contributed by atoms with Gasteiger partial charge in [-0.05, 0) is 18.9 Å². The number of ether oxygens (including phenoxy) is 2. The first-order valence-corrected chi connectivity index (χ1v) is 10.1. The van der Waals surface area contributed by atoms with Gasteiger partial charge < -0.3 is 31.2 Å². The van der Waals surface area contributed by atoms with Crippen LogP contribution < -0.4 is 21.7 Å². The molecule has 0 amide bonds. The van der Waals surface area contributed by atoms with Crippen molar-refractivity contribution >= 4 is 17.8 Å². The van der Waals surface area contributed by atoms with Crippen molar-refractivity contribution in [2.45, 2.75) is 32.9 Å². The molecule has 1 aromatic carbocycles. The summed E-state index contributed by atoms with van der Waals surface area (Å²) in [6.45, 7) is 8.10. The molecule has 0 aliphatic heterocycles. The van der Waals surface area contributed by atoms with E-state index in [1.165, 1.54) is 0 Å². The van der Waals surface area contributed by atoms with E-state index in [1.807, 2.05) is 18.2 Å². The van der Waals surface area contributed by atoms with E-state index in [4.69, 9.17) is 15.2 Å². The van der Waals surface area contributed by atoms with Crippen molar-refractivity contribution in [1.82, 2.24) is 15.0 Å². The Morgan fingerprint density at radius 3 is 2.24 bits per heavy atom. The highest BCUT2D eigenvalue weighted by Crippen LogP contribution is 2.12. The molecule has 0 bridgehead atoms. The van der Waals surface area contributed by atoms with E-state index in [1.54, 1.807) is 0 Å². The van der Waals surface area contributed by atoms with Crippen LogP contribution in [0, 0.1) is 0 Å². The summed E-state index contributed by atoms with van der Waals surface area (Å²) in [4.78, 5) is 13.4. The van der Waals surface area contributed by atoms with E-state index in [2.05, 4.69) is 56.9 Å². The van der Waals surface area contributed by atoms with Gasteiger partial charge in [-0.1, -0.05) is 37.3 Å². The molecular weight excluding hydrogens is 370 g/mol.